The first-order valence-electron chi connectivity index (χ1n) is 9.29. The molecule has 0 saturated carbocycles. The molecule has 29 heavy (non-hydrogen) atoms. The third kappa shape index (κ3) is 6.35. The highest BCUT2D eigenvalue weighted by Crippen LogP contribution is 2.23. The number of aromatic nitrogens is 2. The number of thiazole rings is 1. The summed E-state index contributed by atoms with van der Waals surface area (Å²) in [5.41, 5.74) is 2.73. The van der Waals surface area contributed by atoms with E-state index >= 15 is 0 Å². The minimum absolute atomic E-state index is 0.180. The van der Waals surface area contributed by atoms with Crippen molar-refractivity contribution in [3.05, 3.63) is 58.5 Å². The van der Waals surface area contributed by atoms with Crippen LogP contribution in [0, 0.1) is 6.92 Å². The number of carbonyl (C=O) groups is 1. The van der Waals surface area contributed by atoms with Gasteiger partial charge in [0.1, 0.15) is 18.2 Å². The molecule has 0 aliphatic rings. The van der Waals surface area contributed by atoms with Crippen LogP contribution in [0.1, 0.15) is 23.6 Å². The Bertz CT molecular complexity index is 926. The summed E-state index contributed by atoms with van der Waals surface area (Å²) >= 11 is 1.63. The van der Waals surface area contributed by atoms with Crippen molar-refractivity contribution in [1.29, 1.82) is 0 Å². The summed E-state index contributed by atoms with van der Waals surface area (Å²) in [5.74, 6) is 1.08. The average molecular weight is 413 g/mol. The quantitative estimate of drug-likeness (QED) is 0.467. The lowest BCUT2D eigenvalue weighted by Crippen LogP contribution is -2.26. The molecule has 3 rings (SSSR count). The Morgan fingerprint density at radius 1 is 1.24 bits per heavy atom. The summed E-state index contributed by atoms with van der Waals surface area (Å²) in [6.45, 7) is 4.88. The van der Waals surface area contributed by atoms with Crippen LogP contribution in [0.4, 0.5) is 5.82 Å². The topological polar surface area (TPSA) is 96.4 Å². The van der Waals surface area contributed by atoms with Crippen LogP contribution in [0.15, 0.2) is 48.0 Å². The van der Waals surface area contributed by atoms with Gasteiger partial charge >= 0.3 is 0 Å². The lowest BCUT2D eigenvalue weighted by Gasteiger charge is -2.13. The van der Waals surface area contributed by atoms with E-state index in [9.17, 15) is 9.90 Å². The molecule has 0 unspecified atom stereocenters. The Morgan fingerprint density at radius 3 is 2.66 bits per heavy atom. The van der Waals surface area contributed by atoms with Crippen molar-refractivity contribution in [3.63, 3.8) is 0 Å². The number of hydrogen-bond donors (Lipinski definition) is 3. The van der Waals surface area contributed by atoms with Gasteiger partial charge < -0.3 is 20.5 Å². The number of carbonyl (C=O) groups excluding carboxylic acids is 1. The van der Waals surface area contributed by atoms with Crippen LogP contribution in [-0.2, 0) is 4.79 Å². The zero-order valence-electron chi connectivity index (χ0n) is 16.4. The van der Waals surface area contributed by atoms with E-state index < -0.39 is 6.10 Å². The number of amides is 1. The second kappa shape index (κ2) is 10.1. The molecule has 1 atom stereocenters. The zero-order chi connectivity index (χ0) is 20.6. The number of nitrogens with one attached hydrogen (secondary N) is 2. The average Bonchev–Trinajstić information content (AvgIpc) is 3.14. The number of anilines is 1. The predicted octanol–water partition coefficient (Wildman–Crippen LogP) is 3.17. The van der Waals surface area contributed by atoms with Gasteiger partial charge in [-0.25, -0.2) is 9.97 Å². The molecule has 0 radical (unpaired) electrons. The monoisotopic (exact) mass is 412 g/mol. The van der Waals surface area contributed by atoms with Gasteiger partial charge in [0, 0.05) is 42.7 Å². The van der Waals surface area contributed by atoms with Gasteiger partial charge in [0.15, 0.2) is 0 Å². The van der Waals surface area contributed by atoms with Crippen LogP contribution < -0.4 is 15.4 Å². The smallest absolute Gasteiger partial charge is 0.222 e. The highest BCUT2D eigenvalue weighted by atomic mass is 32.1. The van der Waals surface area contributed by atoms with Crippen LogP contribution in [0.2, 0.25) is 0 Å². The van der Waals surface area contributed by atoms with Crippen LogP contribution in [0.5, 0.6) is 5.75 Å². The minimum atomic E-state index is -0.685. The van der Waals surface area contributed by atoms with Crippen molar-refractivity contribution in [2.24, 2.45) is 0 Å². The van der Waals surface area contributed by atoms with Gasteiger partial charge in [-0.05, 0) is 37.3 Å². The van der Waals surface area contributed by atoms with E-state index in [1.54, 1.807) is 29.7 Å². The standard InChI is InChI=1S/C21H24N4O3S/c1-14(26)24-21-8-5-17(11-23-21)20(27)12-22-9-10-28-18-6-3-16(4-7-18)19-13-29-15(2)25-19/h3-8,11,13,20,22,27H,9-10,12H2,1-2H3,(H,23,24,26)/t20-/m0/s1. The van der Waals surface area contributed by atoms with Crippen molar-refractivity contribution in [1.82, 2.24) is 15.3 Å². The largest absolute Gasteiger partial charge is 0.492 e. The molecule has 152 valence electrons. The maximum Gasteiger partial charge on any atom is 0.222 e. The summed E-state index contributed by atoms with van der Waals surface area (Å²) in [4.78, 5) is 19.6. The molecule has 1 amide bonds. The summed E-state index contributed by atoms with van der Waals surface area (Å²) in [5, 5.41) is 19.1. The van der Waals surface area contributed by atoms with E-state index in [4.69, 9.17) is 4.74 Å². The molecule has 3 N–H and O–H groups in total. The van der Waals surface area contributed by atoms with Gasteiger partial charge in [-0.15, -0.1) is 11.3 Å². The second-order valence-corrected chi connectivity index (χ2v) is 7.56. The SMILES string of the molecule is CC(=O)Nc1ccc([C@@H](O)CNCCOc2ccc(-c3csc(C)n3)cc2)cn1. The predicted molar refractivity (Wildman–Crippen MR) is 114 cm³/mol. The van der Waals surface area contributed by atoms with Crippen LogP contribution in [0.3, 0.4) is 0 Å². The number of aliphatic hydroxyl groups excluding tert-OH is 1. The molecule has 0 saturated heterocycles. The van der Waals surface area contributed by atoms with Gasteiger partial charge in [0.2, 0.25) is 5.91 Å². The molecule has 2 aromatic heterocycles. The van der Waals surface area contributed by atoms with Crippen molar-refractivity contribution in [3.8, 4) is 17.0 Å². The van der Waals surface area contributed by atoms with Gasteiger partial charge in [-0.1, -0.05) is 6.07 Å². The van der Waals surface area contributed by atoms with Crippen molar-refractivity contribution in [2.75, 3.05) is 25.0 Å². The van der Waals surface area contributed by atoms with Crippen molar-refractivity contribution in [2.45, 2.75) is 20.0 Å². The fraction of sp³-hybridized carbons (Fsp3) is 0.286. The second-order valence-electron chi connectivity index (χ2n) is 6.50. The van der Waals surface area contributed by atoms with E-state index in [0.717, 1.165) is 22.0 Å². The zero-order valence-corrected chi connectivity index (χ0v) is 17.2. The summed E-state index contributed by atoms with van der Waals surface area (Å²) < 4.78 is 5.73. The highest BCUT2D eigenvalue weighted by molar-refractivity contribution is 7.09. The molecular formula is C21H24N4O3S. The summed E-state index contributed by atoms with van der Waals surface area (Å²) in [7, 11) is 0. The molecule has 0 aliphatic carbocycles. The lowest BCUT2D eigenvalue weighted by molar-refractivity contribution is -0.114. The number of nitrogens with zero attached hydrogens (tertiary/aromatic N) is 2. The molecule has 0 bridgehead atoms. The van der Waals surface area contributed by atoms with E-state index in [0.29, 0.717) is 31.1 Å². The van der Waals surface area contributed by atoms with Gasteiger partial charge in [0.05, 0.1) is 16.8 Å². The van der Waals surface area contributed by atoms with Crippen molar-refractivity contribution < 1.29 is 14.6 Å². The molecular weight excluding hydrogens is 388 g/mol. The summed E-state index contributed by atoms with van der Waals surface area (Å²) in [6, 6.07) is 11.3. The Morgan fingerprint density at radius 2 is 2.03 bits per heavy atom. The van der Waals surface area contributed by atoms with E-state index in [2.05, 4.69) is 20.6 Å². The Kier molecular flexibility index (Phi) is 7.29. The normalized spacial score (nSPS) is 11.8. The Balaban J connectivity index is 1.37. The first-order valence-corrected chi connectivity index (χ1v) is 10.2. The van der Waals surface area contributed by atoms with E-state index in [1.807, 2.05) is 36.6 Å². The first-order chi connectivity index (χ1) is 14.0. The minimum Gasteiger partial charge on any atom is -0.492 e. The van der Waals surface area contributed by atoms with Crippen molar-refractivity contribution >= 4 is 23.1 Å². The molecule has 3 aromatic rings. The fourth-order valence-electron chi connectivity index (χ4n) is 2.67. The Labute approximate surface area is 173 Å². The van der Waals surface area contributed by atoms with E-state index in [1.165, 1.54) is 6.92 Å². The number of aryl methyl sites for hydroxylation is 1. The third-order valence-electron chi connectivity index (χ3n) is 4.13. The van der Waals surface area contributed by atoms with E-state index in [-0.39, 0.29) is 5.91 Å². The molecule has 0 spiro atoms. The number of ether oxygens (including phenoxy) is 1. The third-order valence-corrected chi connectivity index (χ3v) is 4.90. The molecule has 8 heteroatoms. The molecule has 0 aliphatic heterocycles. The lowest BCUT2D eigenvalue weighted by atomic mass is 10.1. The number of aliphatic hydroxyl groups is 1. The molecule has 0 fully saturated rings. The molecule has 1 aromatic carbocycles. The van der Waals surface area contributed by atoms with Crippen LogP contribution in [0.25, 0.3) is 11.3 Å². The highest BCUT2D eigenvalue weighted by Gasteiger charge is 2.08. The van der Waals surface area contributed by atoms with Gasteiger partial charge in [-0.3, -0.25) is 4.79 Å². The maximum absolute atomic E-state index is 11.0. The molecule has 7 nitrogen and oxygen atoms in total. The van der Waals surface area contributed by atoms with Gasteiger partial charge in [0.25, 0.3) is 0 Å². The fourth-order valence-corrected chi connectivity index (χ4v) is 3.29. The summed E-state index contributed by atoms with van der Waals surface area (Å²) in [6.07, 6.45) is 0.870. The number of benzene rings is 1. The van der Waals surface area contributed by atoms with Gasteiger partial charge in [-0.2, -0.15) is 0 Å². The Hall–Kier alpha value is -2.81. The first kappa shape index (κ1) is 20.9. The van der Waals surface area contributed by atoms with Crippen LogP contribution >= 0.6 is 11.3 Å². The maximum atomic E-state index is 11.0. The molecule has 2 heterocycles. The van der Waals surface area contributed by atoms with Crippen LogP contribution in [-0.4, -0.2) is 40.7 Å². The number of hydrogen-bond acceptors (Lipinski definition) is 7. The number of rotatable bonds is 9. The number of pyridine rings is 1.